The van der Waals surface area contributed by atoms with E-state index in [0.29, 0.717) is 23.7 Å². The number of hydrogen-bond donors (Lipinski definition) is 0. The number of allylic oxidation sites excluding steroid dienone is 2. The number of anilines is 1. The molecule has 0 amide bonds. The van der Waals surface area contributed by atoms with E-state index < -0.39 is 0 Å². The lowest BCUT2D eigenvalue weighted by Crippen LogP contribution is -2.22. The van der Waals surface area contributed by atoms with Crippen molar-refractivity contribution in [3.05, 3.63) is 52.4 Å². The maximum atomic E-state index is 11.8. The van der Waals surface area contributed by atoms with E-state index in [-0.39, 0.29) is 11.9 Å². The molecule has 110 valence electrons. The van der Waals surface area contributed by atoms with Crippen LogP contribution in [0, 0.1) is 5.92 Å². The van der Waals surface area contributed by atoms with Crippen LogP contribution in [0.2, 0.25) is 5.02 Å². The van der Waals surface area contributed by atoms with Crippen LogP contribution in [0.5, 0.6) is 0 Å². The van der Waals surface area contributed by atoms with E-state index in [1.165, 1.54) is 7.11 Å². The Morgan fingerprint density at radius 2 is 2.29 bits per heavy atom. The summed E-state index contributed by atoms with van der Waals surface area (Å²) in [5, 5.41) is 0.675. The highest BCUT2D eigenvalue weighted by Gasteiger charge is 2.33. The molecule has 0 aromatic heterocycles. The molecule has 3 rings (SSSR count). The van der Waals surface area contributed by atoms with Crippen molar-refractivity contribution in [2.45, 2.75) is 13.3 Å². The summed E-state index contributed by atoms with van der Waals surface area (Å²) in [6.07, 6.45) is 2.42. The van der Waals surface area contributed by atoms with Crippen molar-refractivity contribution < 1.29 is 14.3 Å². The zero-order valence-corrected chi connectivity index (χ0v) is 12.7. The zero-order valence-electron chi connectivity index (χ0n) is 11.9. The predicted molar refractivity (Wildman–Crippen MR) is 80.8 cm³/mol. The monoisotopic (exact) mass is 305 g/mol. The van der Waals surface area contributed by atoms with E-state index in [1.54, 1.807) is 0 Å². The molecule has 4 nitrogen and oxygen atoms in total. The lowest BCUT2D eigenvalue weighted by Gasteiger charge is -2.23. The summed E-state index contributed by atoms with van der Waals surface area (Å²) in [7, 11) is 1.40. The standard InChI is InChI=1S/C16H16ClNO3/c1-10-6-11(16(19)20-2)7-14-15(10)21-9-18(14)13-5-3-4-12(17)8-13/h3-6,8,10H,7,9H2,1-2H3/t10-/m0/s1. The lowest BCUT2D eigenvalue weighted by atomic mass is 9.93. The van der Waals surface area contributed by atoms with E-state index >= 15 is 0 Å². The Morgan fingerprint density at radius 3 is 3.00 bits per heavy atom. The van der Waals surface area contributed by atoms with Gasteiger partial charge >= 0.3 is 5.97 Å². The first kappa shape index (κ1) is 14.0. The van der Waals surface area contributed by atoms with Crippen LogP contribution in [0.25, 0.3) is 0 Å². The van der Waals surface area contributed by atoms with E-state index in [2.05, 4.69) is 0 Å². The van der Waals surface area contributed by atoms with Gasteiger partial charge in [0.15, 0.2) is 6.73 Å². The van der Waals surface area contributed by atoms with Crippen LogP contribution in [0.1, 0.15) is 13.3 Å². The second kappa shape index (κ2) is 5.45. The van der Waals surface area contributed by atoms with Crippen LogP contribution < -0.4 is 4.90 Å². The molecular weight excluding hydrogens is 290 g/mol. The third-order valence-electron chi connectivity index (χ3n) is 3.75. The molecule has 1 aliphatic carbocycles. The quantitative estimate of drug-likeness (QED) is 0.784. The number of hydrogen-bond acceptors (Lipinski definition) is 4. The molecule has 21 heavy (non-hydrogen) atoms. The Balaban J connectivity index is 1.93. The number of carbonyl (C=O) groups is 1. The molecule has 0 saturated carbocycles. The predicted octanol–water partition coefficient (Wildman–Crippen LogP) is 3.48. The fourth-order valence-corrected chi connectivity index (χ4v) is 2.95. The van der Waals surface area contributed by atoms with Crippen molar-refractivity contribution in [1.82, 2.24) is 0 Å². The largest absolute Gasteiger partial charge is 0.475 e. The third-order valence-corrected chi connectivity index (χ3v) is 3.98. The maximum absolute atomic E-state index is 11.8. The summed E-state index contributed by atoms with van der Waals surface area (Å²) in [6, 6.07) is 7.60. The Kier molecular flexibility index (Phi) is 3.64. The molecule has 0 radical (unpaired) electrons. The number of nitrogens with zero attached hydrogens (tertiary/aromatic N) is 1. The minimum Gasteiger partial charge on any atom is -0.475 e. The first-order valence-electron chi connectivity index (χ1n) is 6.78. The van der Waals surface area contributed by atoms with Gasteiger partial charge in [-0.15, -0.1) is 0 Å². The van der Waals surface area contributed by atoms with Gasteiger partial charge in [0.25, 0.3) is 0 Å². The normalized spacial score (nSPS) is 20.8. The van der Waals surface area contributed by atoms with E-state index in [1.807, 2.05) is 42.2 Å². The summed E-state index contributed by atoms with van der Waals surface area (Å²) in [6.45, 7) is 2.45. The molecular formula is C16H16ClNO3. The summed E-state index contributed by atoms with van der Waals surface area (Å²) >= 11 is 6.06. The summed E-state index contributed by atoms with van der Waals surface area (Å²) in [4.78, 5) is 13.9. The minimum atomic E-state index is -0.286. The zero-order chi connectivity index (χ0) is 15.0. The van der Waals surface area contributed by atoms with Crippen LogP contribution in [-0.4, -0.2) is 19.8 Å². The number of ether oxygens (including phenoxy) is 2. The molecule has 1 aliphatic heterocycles. The molecule has 0 saturated heterocycles. The SMILES string of the molecule is COC(=O)C1=C[C@H](C)C2=C(C1)N(c1cccc(Cl)c1)CO2. The summed E-state index contributed by atoms with van der Waals surface area (Å²) in [5.74, 6) is 0.695. The first-order chi connectivity index (χ1) is 10.1. The molecule has 1 aromatic rings. The smallest absolute Gasteiger partial charge is 0.333 e. The average molecular weight is 306 g/mol. The fraction of sp³-hybridized carbons (Fsp3) is 0.312. The molecule has 2 aliphatic rings. The molecule has 0 bridgehead atoms. The molecule has 0 unspecified atom stereocenters. The van der Waals surface area contributed by atoms with Gasteiger partial charge in [0.2, 0.25) is 0 Å². The molecule has 1 aromatic carbocycles. The third kappa shape index (κ3) is 2.51. The second-order valence-electron chi connectivity index (χ2n) is 5.14. The van der Waals surface area contributed by atoms with Crippen molar-refractivity contribution in [2.24, 2.45) is 5.92 Å². The van der Waals surface area contributed by atoms with Crippen LogP contribution in [-0.2, 0) is 14.3 Å². The molecule has 1 atom stereocenters. The van der Waals surface area contributed by atoms with Crippen molar-refractivity contribution in [3.8, 4) is 0 Å². The number of rotatable bonds is 2. The highest BCUT2D eigenvalue weighted by Crippen LogP contribution is 2.39. The highest BCUT2D eigenvalue weighted by atomic mass is 35.5. The topological polar surface area (TPSA) is 38.8 Å². The molecule has 0 N–H and O–H groups in total. The van der Waals surface area contributed by atoms with Crippen LogP contribution in [0.3, 0.4) is 0 Å². The second-order valence-corrected chi connectivity index (χ2v) is 5.58. The number of halogens is 1. The van der Waals surface area contributed by atoms with E-state index in [0.717, 1.165) is 17.1 Å². The van der Waals surface area contributed by atoms with Gasteiger partial charge < -0.3 is 14.4 Å². The van der Waals surface area contributed by atoms with Gasteiger partial charge in [0, 0.05) is 28.6 Å². The van der Waals surface area contributed by atoms with Gasteiger partial charge in [0.05, 0.1) is 12.8 Å². The van der Waals surface area contributed by atoms with E-state index in [4.69, 9.17) is 21.1 Å². The Labute approximate surface area is 128 Å². The molecule has 0 fully saturated rings. The van der Waals surface area contributed by atoms with Crippen LogP contribution in [0.15, 0.2) is 47.4 Å². The lowest BCUT2D eigenvalue weighted by molar-refractivity contribution is -0.136. The van der Waals surface area contributed by atoms with Crippen LogP contribution >= 0.6 is 11.6 Å². The number of carbonyl (C=O) groups excluding carboxylic acids is 1. The highest BCUT2D eigenvalue weighted by molar-refractivity contribution is 6.30. The Bertz CT molecular complexity index is 651. The summed E-state index contributed by atoms with van der Waals surface area (Å²) < 4.78 is 10.6. The molecule has 0 spiro atoms. The van der Waals surface area contributed by atoms with Gasteiger partial charge in [-0.1, -0.05) is 30.7 Å². The minimum absolute atomic E-state index is 0.0621. The van der Waals surface area contributed by atoms with Gasteiger partial charge in [0.1, 0.15) is 5.76 Å². The Morgan fingerprint density at radius 1 is 1.48 bits per heavy atom. The molecule has 1 heterocycles. The van der Waals surface area contributed by atoms with Gasteiger partial charge in [-0.05, 0) is 18.2 Å². The fourth-order valence-electron chi connectivity index (χ4n) is 2.77. The average Bonchev–Trinajstić information content (AvgIpc) is 2.90. The summed E-state index contributed by atoms with van der Waals surface area (Å²) in [5.41, 5.74) is 2.64. The molecule has 5 heteroatoms. The number of methoxy groups -OCH3 is 1. The van der Waals surface area contributed by atoms with Crippen molar-refractivity contribution in [3.63, 3.8) is 0 Å². The van der Waals surface area contributed by atoms with Crippen molar-refractivity contribution in [2.75, 3.05) is 18.7 Å². The van der Waals surface area contributed by atoms with Gasteiger partial charge in [-0.25, -0.2) is 4.79 Å². The van der Waals surface area contributed by atoms with Crippen molar-refractivity contribution in [1.29, 1.82) is 0 Å². The first-order valence-corrected chi connectivity index (χ1v) is 7.16. The number of esters is 1. The van der Waals surface area contributed by atoms with Gasteiger partial charge in [-0.2, -0.15) is 0 Å². The number of benzene rings is 1. The Hall–Kier alpha value is -1.94. The maximum Gasteiger partial charge on any atom is 0.333 e. The van der Waals surface area contributed by atoms with Gasteiger partial charge in [-0.3, -0.25) is 0 Å². The van der Waals surface area contributed by atoms with E-state index in [9.17, 15) is 4.79 Å². The van der Waals surface area contributed by atoms with Crippen molar-refractivity contribution >= 4 is 23.3 Å². The van der Waals surface area contributed by atoms with Crippen LogP contribution in [0.4, 0.5) is 5.69 Å².